The Morgan fingerprint density at radius 1 is 0.515 bits per heavy atom. The molecule has 1 radical (unpaired) electrons. The average Bonchev–Trinajstić information content (AvgIpc) is 4.03. The smallest absolute Gasteiger partial charge is 0.197 e. The van der Waals surface area contributed by atoms with Gasteiger partial charge < -0.3 is 9.88 Å². The monoisotopic (exact) mass is 913 g/mol. The number of benzene rings is 8. The molecule has 0 spiro atoms. The van der Waals surface area contributed by atoms with Crippen molar-refractivity contribution in [3.8, 4) is 27.9 Å². The first-order chi connectivity index (χ1) is 32.5. The van der Waals surface area contributed by atoms with Crippen LogP contribution in [0.15, 0.2) is 133 Å². The summed E-state index contributed by atoms with van der Waals surface area (Å²) in [5, 5.41) is 12.0. The van der Waals surface area contributed by atoms with Crippen LogP contribution >= 0.6 is 22.7 Å². The molecule has 3 aliphatic rings. The van der Waals surface area contributed by atoms with Gasteiger partial charge in [-0.1, -0.05) is 141 Å². The Hall–Kier alpha value is -6.14. The van der Waals surface area contributed by atoms with Gasteiger partial charge in [0.15, 0.2) is 7.28 Å². The van der Waals surface area contributed by atoms with E-state index in [1.54, 1.807) is 0 Å². The highest BCUT2D eigenvalue weighted by Gasteiger charge is 2.39. The first-order valence-corrected chi connectivity index (χ1v) is 26.2. The molecule has 14 rings (SSSR count). The summed E-state index contributed by atoms with van der Waals surface area (Å²) in [4.78, 5) is 0. The molecule has 8 aromatic carbocycles. The van der Waals surface area contributed by atoms with Crippen LogP contribution in [0, 0.1) is 0 Å². The molecule has 0 unspecified atom stereocenters. The topological polar surface area (TPSA) is 17.0 Å². The van der Waals surface area contributed by atoms with E-state index >= 15 is 0 Å². The standard InChI is InChI=1S/C63H54BN2S2/c1-60(2,3)34-18-20-35(21-19-34)65-51-29-45-43-27-48-49(62(6,7)25-24-61(48,4)5)32-56(43)68-55(45)30-41(51)38-22-23-39-42-26-40-36-14-10-12-16-46(36)63(8,9)47(40)31-52(42)66-53-33-57-44(28-50(53)64-58(38)59(39)66)37-15-11-13-17-54(37)67-57/h10-23,26-33,65H,24-25H2,1-9H3. The van der Waals surface area contributed by atoms with Gasteiger partial charge in [0.1, 0.15) is 0 Å². The largest absolute Gasteiger partial charge is 0.355 e. The first kappa shape index (κ1) is 40.9. The molecular weight excluding hydrogens is 860 g/mol. The Labute approximate surface area is 407 Å². The number of thiophene rings is 2. The van der Waals surface area contributed by atoms with Crippen LogP contribution in [0.3, 0.4) is 0 Å². The first-order valence-electron chi connectivity index (χ1n) is 24.5. The second-order valence-corrected chi connectivity index (χ2v) is 25.3. The van der Waals surface area contributed by atoms with E-state index in [9.17, 15) is 0 Å². The van der Waals surface area contributed by atoms with Gasteiger partial charge in [0, 0.05) is 79.3 Å². The van der Waals surface area contributed by atoms with Gasteiger partial charge in [-0.25, -0.2) is 0 Å². The van der Waals surface area contributed by atoms with Crippen molar-refractivity contribution in [3.63, 3.8) is 0 Å². The molecule has 0 fully saturated rings. The molecule has 0 bridgehead atoms. The zero-order valence-electron chi connectivity index (χ0n) is 40.5. The number of hydrogen-bond acceptors (Lipinski definition) is 3. The summed E-state index contributed by atoms with van der Waals surface area (Å²) in [5.41, 5.74) is 21.2. The SMILES string of the molecule is CC(C)(C)c1ccc(Nc2cc3c(cc2-c2ccc4c5cc6c(cc5n5c4c2[B]c2cc4c(cc2-5)sc2ccccc24)C(C)(C)c2ccccc2-6)sc2cc4c(cc23)C(C)(C)CCC4(C)C)cc1. The lowest BCUT2D eigenvalue weighted by Gasteiger charge is -2.41. The van der Waals surface area contributed by atoms with Crippen molar-refractivity contribution >= 4 is 114 Å². The predicted molar refractivity (Wildman–Crippen MR) is 298 cm³/mol. The minimum Gasteiger partial charge on any atom is -0.355 e. The Morgan fingerprint density at radius 3 is 1.99 bits per heavy atom. The van der Waals surface area contributed by atoms with Crippen molar-refractivity contribution < 1.29 is 0 Å². The minimum absolute atomic E-state index is 0.0719. The Balaban J connectivity index is 1.06. The summed E-state index contributed by atoms with van der Waals surface area (Å²) in [7, 11) is 2.51. The van der Waals surface area contributed by atoms with Crippen LogP contribution in [0.5, 0.6) is 0 Å². The average molecular weight is 914 g/mol. The number of nitrogens with one attached hydrogen (secondary N) is 1. The lowest BCUT2D eigenvalue weighted by Crippen LogP contribution is -2.37. The predicted octanol–water partition coefficient (Wildman–Crippen LogP) is 16.9. The molecule has 11 aromatic rings. The molecule has 2 nitrogen and oxygen atoms in total. The maximum absolute atomic E-state index is 4.04. The molecule has 1 N–H and O–H groups in total. The van der Waals surface area contributed by atoms with Crippen LogP contribution in [0.2, 0.25) is 0 Å². The number of aromatic nitrogens is 1. The molecule has 68 heavy (non-hydrogen) atoms. The molecule has 5 heteroatoms. The summed E-state index contributed by atoms with van der Waals surface area (Å²) < 4.78 is 8.00. The van der Waals surface area contributed by atoms with Crippen molar-refractivity contribution in [2.24, 2.45) is 0 Å². The normalized spacial score (nSPS) is 16.4. The summed E-state index contributed by atoms with van der Waals surface area (Å²) in [6.07, 6.45) is 2.41. The van der Waals surface area contributed by atoms with E-state index in [0.717, 1.165) is 11.4 Å². The zero-order chi connectivity index (χ0) is 46.4. The van der Waals surface area contributed by atoms with Gasteiger partial charge in [-0.2, -0.15) is 0 Å². The second-order valence-electron chi connectivity index (χ2n) is 23.1. The minimum atomic E-state index is -0.111. The van der Waals surface area contributed by atoms with Crippen molar-refractivity contribution in [3.05, 3.63) is 161 Å². The molecule has 0 saturated heterocycles. The van der Waals surface area contributed by atoms with Gasteiger partial charge in [0.2, 0.25) is 0 Å². The van der Waals surface area contributed by atoms with Crippen LogP contribution < -0.4 is 16.2 Å². The summed E-state index contributed by atoms with van der Waals surface area (Å²) >= 11 is 3.86. The van der Waals surface area contributed by atoms with Crippen molar-refractivity contribution in [2.75, 3.05) is 5.32 Å². The molecule has 1 aliphatic heterocycles. The van der Waals surface area contributed by atoms with Crippen LogP contribution in [-0.4, -0.2) is 11.8 Å². The number of nitrogens with zero attached hydrogens (tertiary/aromatic N) is 1. The van der Waals surface area contributed by atoms with Crippen LogP contribution in [0.1, 0.15) is 103 Å². The number of anilines is 2. The van der Waals surface area contributed by atoms with Gasteiger partial charge in [0.25, 0.3) is 0 Å². The van der Waals surface area contributed by atoms with E-state index in [1.165, 1.54) is 142 Å². The molecule has 2 aliphatic carbocycles. The van der Waals surface area contributed by atoms with E-state index in [1.807, 2.05) is 22.7 Å². The maximum Gasteiger partial charge on any atom is 0.197 e. The lowest BCUT2D eigenvalue weighted by atomic mass is 9.59. The number of rotatable bonds is 3. The van der Waals surface area contributed by atoms with E-state index in [2.05, 4.69) is 213 Å². The number of fused-ring (bicyclic) bond motifs is 15. The molecule has 331 valence electrons. The summed E-state index contributed by atoms with van der Waals surface area (Å²) in [5.74, 6) is 0. The van der Waals surface area contributed by atoms with Crippen LogP contribution in [0.4, 0.5) is 11.4 Å². The molecular formula is C63H54BN2S2. The highest BCUT2D eigenvalue weighted by atomic mass is 32.1. The van der Waals surface area contributed by atoms with E-state index < -0.39 is 0 Å². The Bertz CT molecular complexity index is 4030. The van der Waals surface area contributed by atoms with Crippen LogP contribution in [0.25, 0.3) is 90.1 Å². The summed E-state index contributed by atoms with van der Waals surface area (Å²) in [6, 6.07) is 52.1. The van der Waals surface area contributed by atoms with E-state index in [-0.39, 0.29) is 21.7 Å². The molecule has 3 aromatic heterocycles. The molecule has 0 amide bonds. The third kappa shape index (κ3) is 5.64. The highest BCUT2D eigenvalue weighted by Crippen LogP contribution is 2.53. The quantitative estimate of drug-likeness (QED) is 0.175. The number of hydrogen-bond donors (Lipinski definition) is 1. The highest BCUT2D eigenvalue weighted by molar-refractivity contribution is 7.26. The Kier molecular flexibility index (Phi) is 8.15. The van der Waals surface area contributed by atoms with E-state index in [4.69, 9.17) is 0 Å². The molecule has 4 heterocycles. The molecule has 0 atom stereocenters. The third-order valence-corrected chi connectivity index (χ3v) is 18.9. The summed E-state index contributed by atoms with van der Waals surface area (Å²) in [6.45, 7) is 21.5. The van der Waals surface area contributed by atoms with Gasteiger partial charge in [-0.15, -0.1) is 22.7 Å². The van der Waals surface area contributed by atoms with Crippen molar-refractivity contribution in [1.29, 1.82) is 0 Å². The van der Waals surface area contributed by atoms with Gasteiger partial charge in [-0.3, -0.25) is 0 Å². The second kappa shape index (κ2) is 13.6. The fourth-order valence-electron chi connectivity index (χ4n) is 12.6. The fourth-order valence-corrected chi connectivity index (χ4v) is 14.9. The lowest BCUT2D eigenvalue weighted by molar-refractivity contribution is 0.332. The van der Waals surface area contributed by atoms with Crippen LogP contribution in [-0.2, 0) is 21.7 Å². The van der Waals surface area contributed by atoms with Crippen molar-refractivity contribution in [2.45, 2.75) is 96.8 Å². The molecule has 0 saturated carbocycles. The van der Waals surface area contributed by atoms with Gasteiger partial charge in [-0.05, 0) is 145 Å². The van der Waals surface area contributed by atoms with E-state index in [0.29, 0.717) is 0 Å². The zero-order valence-corrected chi connectivity index (χ0v) is 42.1. The van der Waals surface area contributed by atoms with Gasteiger partial charge in [0.05, 0.1) is 5.52 Å². The Morgan fingerprint density at radius 2 is 1.19 bits per heavy atom. The fraction of sp³-hybridized carbons (Fsp3) is 0.238. The van der Waals surface area contributed by atoms with Gasteiger partial charge >= 0.3 is 0 Å². The van der Waals surface area contributed by atoms with Crippen molar-refractivity contribution in [1.82, 2.24) is 4.57 Å². The maximum atomic E-state index is 4.04. The third-order valence-electron chi connectivity index (χ3n) is 16.6.